The summed E-state index contributed by atoms with van der Waals surface area (Å²) < 4.78 is 2.10. The number of hydroxylamine groups is 2. The van der Waals surface area contributed by atoms with E-state index in [0.29, 0.717) is 0 Å². The average molecular weight is 354 g/mol. The lowest BCUT2D eigenvalue weighted by molar-refractivity contribution is -0.176. The van der Waals surface area contributed by atoms with E-state index < -0.39 is 0 Å². The van der Waals surface area contributed by atoms with E-state index in [0.717, 1.165) is 18.0 Å². The molecule has 0 unspecified atom stereocenters. The summed E-state index contributed by atoms with van der Waals surface area (Å²) in [4.78, 5) is 10.5. The molecule has 1 aromatic heterocycles. The van der Waals surface area contributed by atoms with Crippen LogP contribution in [0.1, 0.15) is 23.7 Å². The molecule has 0 amide bonds. The van der Waals surface area contributed by atoms with Gasteiger partial charge in [0.1, 0.15) is 6.10 Å². The van der Waals surface area contributed by atoms with Gasteiger partial charge >= 0.3 is 0 Å². The third-order valence-corrected chi connectivity index (χ3v) is 5.22. The van der Waals surface area contributed by atoms with Gasteiger partial charge in [-0.15, -0.1) is 0 Å². The van der Waals surface area contributed by atoms with Crippen LogP contribution in [0.4, 0.5) is 0 Å². The average Bonchev–Trinajstić information content (AvgIpc) is 3.25. The molecule has 0 saturated carbocycles. The molecule has 128 valence electrons. The van der Waals surface area contributed by atoms with Crippen molar-refractivity contribution >= 4 is 11.6 Å². The van der Waals surface area contributed by atoms with Gasteiger partial charge < -0.3 is 4.57 Å². The Morgan fingerprint density at radius 1 is 1.16 bits per heavy atom. The van der Waals surface area contributed by atoms with Gasteiger partial charge in [0.2, 0.25) is 0 Å². The standard InChI is InChI=1S/C20H20ClN3O/c1-23-20(14-24-12-11-22-15-24,17-7-9-18(21)10-8-17)13-19(25-23)16-5-3-2-4-6-16/h2-12,15,19H,13-14H2,1H3/t19-,20-/m1/s1. The Hall–Kier alpha value is -2.14. The van der Waals surface area contributed by atoms with Crippen molar-refractivity contribution in [2.75, 3.05) is 7.05 Å². The molecule has 0 spiro atoms. The van der Waals surface area contributed by atoms with E-state index in [1.54, 1.807) is 6.20 Å². The molecule has 2 aromatic carbocycles. The van der Waals surface area contributed by atoms with E-state index in [1.807, 2.05) is 42.8 Å². The summed E-state index contributed by atoms with van der Waals surface area (Å²) in [6.07, 6.45) is 6.51. The predicted octanol–water partition coefficient (Wildman–Crippen LogP) is 4.44. The zero-order chi connectivity index (χ0) is 17.3. The molecule has 1 aliphatic heterocycles. The molecule has 4 nitrogen and oxygen atoms in total. The molecule has 0 N–H and O–H groups in total. The molecule has 5 heteroatoms. The highest BCUT2D eigenvalue weighted by atomic mass is 35.5. The van der Waals surface area contributed by atoms with Crippen LogP contribution in [0.5, 0.6) is 0 Å². The molecular weight excluding hydrogens is 334 g/mol. The summed E-state index contributed by atoms with van der Waals surface area (Å²) in [6.45, 7) is 0.758. The fraction of sp³-hybridized carbons (Fsp3) is 0.250. The van der Waals surface area contributed by atoms with E-state index in [2.05, 4.69) is 45.9 Å². The maximum atomic E-state index is 6.26. The highest BCUT2D eigenvalue weighted by Gasteiger charge is 2.47. The van der Waals surface area contributed by atoms with Gasteiger partial charge in [-0.3, -0.25) is 4.84 Å². The van der Waals surface area contributed by atoms with Crippen LogP contribution in [0.3, 0.4) is 0 Å². The third kappa shape index (κ3) is 3.09. The number of nitrogens with zero attached hydrogens (tertiary/aromatic N) is 3. The Morgan fingerprint density at radius 2 is 1.92 bits per heavy atom. The van der Waals surface area contributed by atoms with Crippen LogP contribution in [-0.2, 0) is 16.9 Å². The number of aromatic nitrogens is 2. The molecule has 1 fully saturated rings. The van der Waals surface area contributed by atoms with Crippen molar-refractivity contribution in [3.8, 4) is 0 Å². The van der Waals surface area contributed by atoms with Gasteiger partial charge in [-0.25, -0.2) is 4.98 Å². The van der Waals surface area contributed by atoms with E-state index in [-0.39, 0.29) is 11.6 Å². The van der Waals surface area contributed by atoms with Crippen LogP contribution in [-0.4, -0.2) is 21.7 Å². The minimum absolute atomic E-state index is 0.0189. The molecule has 0 bridgehead atoms. The zero-order valence-corrected chi connectivity index (χ0v) is 14.8. The van der Waals surface area contributed by atoms with Gasteiger partial charge in [-0.1, -0.05) is 54.1 Å². The maximum absolute atomic E-state index is 6.26. The topological polar surface area (TPSA) is 30.3 Å². The van der Waals surface area contributed by atoms with Crippen LogP contribution < -0.4 is 0 Å². The number of hydrogen-bond donors (Lipinski definition) is 0. The Kier molecular flexibility index (Phi) is 4.34. The van der Waals surface area contributed by atoms with E-state index in [4.69, 9.17) is 16.4 Å². The maximum Gasteiger partial charge on any atom is 0.107 e. The van der Waals surface area contributed by atoms with Gasteiger partial charge in [0.15, 0.2) is 0 Å². The van der Waals surface area contributed by atoms with Crippen molar-refractivity contribution in [2.45, 2.75) is 24.6 Å². The number of rotatable bonds is 4. The summed E-state index contributed by atoms with van der Waals surface area (Å²) in [5.41, 5.74) is 2.09. The minimum Gasteiger partial charge on any atom is -0.335 e. The van der Waals surface area contributed by atoms with Gasteiger partial charge in [-0.2, -0.15) is 5.06 Å². The molecule has 1 aliphatic rings. The fourth-order valence-corrected chi connectivity index (χ4v) is 3.73. The smallest absolute Gasteiger partial charge is 0.107 e. The van der Waals surface area contributed by atoms with Gasteiger partial charge in [0.25, 0.3) is 0 Å². The molecule has 3 aromatic rings. The predicted molar refractivity (Wildman–Crippen MR) is 98.0 cm³/mol. The highest BCUT2D eigenvalue weighted by molar-refractivity contribution is 6.30. The van der Waals surface area contributed by atoms with Crippen molar-refractivity contribution < 1.29 is 4.84 Å². The van der Waals surface area contributed by atoms with Crippen LogP contribution in [0.2, 0.25) is 5.02 Å². The molecule has 1 saturated heterocycles. The normalized spacial score (nSPS) is 23.8. The SMILES string of the molecule is CN1O[C@@H](c2ccccc2)C[C@@]1(Cn1ccnc1)c1ccc(Cl)cc1. The first kappa shape index (κ1) is 16.3. The molecular formula is C20H20ClN3O. The van der Waals surface area contributed by atoms with Gasteiger partial charge in [0, 0.05) is 37.4 Å². The van der Waals surface area contributed by atoms with Crippen molar-refractivity contribution in [3.05, 3.63) is 89.5 Å². The molecule has 2 heterocycles. The first-order valence-electron chi connectivity index (χ1n) is 8.35. The molecule has 4 rings (SSSR count). The van der Waals surface area contributed by atoms with Crippen molar-refractivity contribution in [1.82, 2.24) is 14.6 Å². The highest BCUT2D eigenvalue weighted by Crippen LogP contribution is 2.46. The number of hydrogen-bond acceptors (Lipinski definition) is 3. The zero-order valence-electron chi connectivity index (χ0n) is 14.0. The summed E-state index contributed by atoms with van der Waals surface area (Å²) in [7, 11) is 2.01. The van der Waals surface area contributed by atoms with Gasteiger partial charge in [-0.05, 0) is 23.3 Å². The van der Waals surface area contributed by atoms with Crippen LogP contribution in [0, 0.1) is 0 Å². The van der Waals surface area contributed by atoms with E-state index in [1.165, 1.54) is 11.1 Å². The molecule has 25 heavy (non-hydrogen) atoms. The van der Waals surface area contributed by atoms with Crippen molar-refractivity contribution in [3.63, 3.8) is 0 Å². The molecule has 2 atom stereocenters. The minimum atomic E-state index is -0.286. The quantitative estimate of drug-likeness (QED) is 0.694. The molecule has 0 aliphatic carbocycles. The summed E-state index contributed by atoms with van der Waals surface area (Å²) >= 11 is 6.11. The summed E-state index contributed by atoms with van der Waals surface area (Å²) in [5, 5.41) is 2.73. The van der Waals surface area contributed by atoms with Crippen LogP contribution in [0.25, 0.3) is 0 Å². The van der Waals surface area contributed by atoms with Crippen LogP contribution in [0.15, 0.2) is 73.3 Å². The Morgan fingerprint density at radius 3 is 2.60 bits per heavy atom. The monoisotopic (exact) mass is 353 g/mol. The third-order valence-electron chi connectivity index (χ3n) is 4.97. The second-order valence-electron chi connectivity index (χ2n) is 6.48. The largest absolute Gasteiger partial charge is 0.335 e. The number of benzene rings is 2. The number of likely N-dealkylation sites (N-methyl/N-ethyl adjacent to an activating group) is 1. The molecule has 0 radical (unpaired) electrons. The first-order valence-corrected chi connectivity index (χ1v) is 8.72. The lowest BCUT2D eigenvalue weighted by Gasteiger charge is -2.34. The van der Waals surface area contributed by atoms with Gasteiger partial charge in [0.05, 0.1) is 11.9 Å². The lowest BCUT2D eigenvalue weighted by Crippen LogP contribution is -2.41. The Labute approximate surface area is 152 Å². The van der Waals surface area contributed by atoms with E-state index in [9.17, 15) is 0 Å². The second-order valence-corrected chi connectivity index (χ2v) is 6.92. The summed E-state index contributed by atoms with van der Waals surface area (Å²) in [6, 6.07) is 18.4. The summed E-state index contributed by atoms with van der Waals surface area (Å²) in [5.74, 6) is 0. The lowest BCUT2D eigenvalue weighted by atomic mass is 9.83. The van der Waals surface area contributed by atoms with Crippen molar-refractivity contribution in [1.29, 1.82) is 0 Å². The van der Waals surface area contributed by atoms with Crippen molar-refractivity contribution in [2.24, 2.45) is 0 Å². The number of imidazole rings is 1. The fourth-order valence-electron chi connectivity index (χ4n) is 3.61. The second kappa shape index (κ2) is 6.64. The Balaban J connectivity index is 1.74. The first-order chi connectivity index (χ1) is 12.2. The van der Waals surface area contributed by atoms with Crippen LogP contribution >= 0.6 is 11.6 Å². The Bertz CT molecular complexity index is 820. The van der Waals surface area contributed by atoms with E-state index >= 15 is 0 Å². The number of halogens is 1.